The van der Waals surface area contributed by atoms with E-state index in [0.717, 1.165) is 50.0 Å². The summed E-state index contributed by atoms with van der Waals surface area (Å²) in [4.78, 5) is 17.2. The molecule has 118 valence electrons. The minimum absolute atomic E-state index is 0.842. The van der Waals surface area contributed by atoms with Crippen LogP contribution in [0.4, 0.5) is 5.95 Å². The summed E-state index contributed by atoms with van der Waals surface area (Å²) >= 11 is 0. The summed E-state index contributed by atoms with van der Waals surface area (Å²) in [6.07, 6.45) is 7.90. The van der Waals surface area contributed by atoms with Crippen LogP contribution in [0.25, 0.3) is 5.65 Å². The average molecular weight is 309 g/mol. The molecule has 1 saturated heterocycles. The van der Waals surface area contributed by atoms with Gasteiger partial charge in [-0.3, -0.25) is 0 Å². The SMILES string of the molecule is Cc1ccc2nc(C[NH+]3CCN(c4ncccn4)CC3)cn2c1. The number of aryl methyl sites for hydroxylation is 1. The molecular weight excluding hydrogens is 288 g/mol. The van der Waals surface area contributed by atoms with Gasteiger partial charge in [0.25, 0.3) is 0 Å². The highest BCUT2D eigenvalue weighted by atomic mass is 15.3. The van der Waals surface area contributed by atoms with Gasteiger partial charge in [0, 0.05) is 24.8 Å². The van der Waals surface area contributed by atoms with Crippen LogP contribution in [0.2, 0.25) is 0 Å². The van der Waals surface area contributed by atoms with Crippen LogP contribution >= 0.6 is 0 Å². The number of imidazole rings is 1. The zero-order valence-corrected chi connectivity index (χ0v) is 13.3. The fourth-order valence-corrected chi connectivity index (χ4v) is 3.15. The molecular formula is C17H21N6+. The minimum Gasteiger partial charge on any atom is -0.330 e. The Labute approximate surface area is 135 Å². The monoisotopic (exact) mass is 309 g/mol. The minimum atomic E-state index is 0.842. The van der Waals surface area contributed by atoms with Crippen molar-refractivity contribution in [2.24, 2.45) is 0 Å². The highest BCUT2D eigenvalue weighted by molar-refractivity contribution is 5.41. The topological polar surface area (TPSA) is 50.8 Å². The number of nitrogens with one attached hydrogen (secondary N) is 1. The molecule has 0 spiro atoms. The van der Waals surface area contributed by atoms with E-state index in [0.29, 0.717) is 0 Å². The summed E-state index contributed by atoms with van der Waals surface area (Å²) in [7, 11) is 0. The predicted molar refractivity (Wildman–Crippen MR) is 88.6 cm³/mol. The number of nitrogens with zero attached hydrogens (tertiary/aromatic N) is 5. The molecule has 6 nitrogen and oxygen atoms in total. The molecule has 4 heterocycles. The maximum absolute atomic E-state index is 4.73. The van der Waals surface area contributed by atoms with Crippen LogP contribution in [0.15, 0.2) is 43.0 Å². The Morgan fingerprint density at radius 2 is 1.87 bits per heavy atom. The normalized spacial score (nSPS) is 16.1. The van der Waals surface area contributed by atoms with Gasteiger partial charge in [0.15, 0.2) is 0 Å². The lowest BCUT2D eigenvalue weighted by molar-refractivity contribution is -0.914. The molecule has 0 unspecified atom stereocenters. The molecule has 0 amide bonds. The second-order valence-corrected chi connectivity index (χ2v) is 6.17. The third-order valence-electron chi connectivity index (χ3n) is 4.39. The number of hydrogen-bond acceptors (Lipinski definition) is 4. The lowest BCUT2D eigenvalue weighted by Gasteiger charge is -2.31. The first-order chi connectivity index (χ1) is 11.3. The fourth-order valence-electron chi connectivity index (χ4n) is 3.15. The second kappa shape index (κ2) is 5.96. The Bertz CT molecular complexity index is 789. The van der Waals surface area contributed by atoms with Crippen molar-refractivity contribution in [1.29, 1.82) is 0 Å². The van der Waals surface area contributed by atoms with Crippen molar-refractivity contribution in [2.75, 3.05) is 31.1 Å². The van der Waals surface area contributed by atoms with Gasteiger partial charge in [0.1, 0.15) is 17.9 Å². The van der Waals surface area contributed by atoms with Crippen LogP contribution in [0.5, 0.6) is 0 Å². The lowest BCUT2D eigenvalue weighted by atomic mass is 10.3. The van der Waals surface area contributed by atoms with Crippen LogP contribution in [-0.2, 0) is 6.54 Å². The highest BCUT2D eigenvalue weighted by Crippen LogP contribution is 2.07. The van der Waals surface area contributed by atoms with E-state index in [4.69, 9.17) is 4.98 Å². The first kappa shape index (κ1) is 14.1. The zero-order valence-electron chi connectivity index (χ0n) is 13.3. The van der Waals surface area contributed by atoms with Crippen molar-refractivity contribution in [1.82, 2.24) is 19.4 Å². The van der Waals surface area contributed by atoms with E-state index in [1.165, 1.54) is 5.56 Å². The molecule has 0 bridgehead atoms. The van der Waals surface area contributed by atoms with Crippen molar-refractivity contribution in [3.8, 4) is 0 Å². The Hall–Kier alpha value is -2.47. The Kier molecular flexibility index (Phi) is 3.67. The van der Waals surface area contributed by atoms with Gasteiger partial charge in [-0.2, -0.15) is 0 Å². The standard InChI is InChI=1S/C17H20N6/c1-14-3-4-16-20-15(13-23(16)11-14)12-21-7-9-22(10-8-21)17-18-5-2-6-19-17/h2-6,11,13H,7-10,12H2,1H3/p+1. The highest BCUT2D eigenvalue weighted by Gasteiger charge is 2.22. The molecule has 1 aliphatic rings. The Balaban J connectivity index is 1.40. The zero-order chi connectivity index (χ0) is 15.6. The second-order valence-electron chi connectivity index (χ2n) is 6.17. The van der Waals surface area contributed by atoms with Gasteiger partial charge < -0.3 is 14.2 Å². The number of quaternary nitrogens is 1. The third kappa shape index (κ3) is 3.03. The smallest absolute Gasteiger partial charge is 0.225 e. The summed E-state index contributed by atoms with van der Waals surface area (Å²) in [6.45, 7) is 7.24. The number of pyridine rings is 1. The first-order valence-corrected chi connectivity index (χ1v) is 8.08. The van der Waals surface area contributed by atoms with E-state index in [2.05, 4.69) is 50.7 Å². The van der Waals surface area contributed by atoms with Crippen molar-refractivity contribution in [3.05, 3.63) is 54.2 Å². The molecule has 3 aromatic rings. The quantitative estimate of drug-likeness (QED) is 0.758. The van der Waals surface area contributed by atoms with Gasteiger partial charge in [-0.15, -0.1) is 0 Å². The summed E-state index contributed by atoms with van der Waals surface area (Å²) in [5.74, 6) is 0.842. The predicted octanol–water partition coefficient (Wildman–Crippen LogP) is 0.338. The van der Waals surface area contributed by atoms with E-state index in [1.54, 1.807) is 17.3 Å². The molecule has 4 rings (SSSR count). The van der Waals surface area contributed by atoms with Crippen LogP contribution in [0.1, 0.15) is 11.3 Å². The summed E-state index contributed by atoms with van der Waals surface area (Å²) < 4.78 is 2.12. The number of anilines is 1. The molecule has 0 atom stereocenters. The van der Waals surface area contributed by atoms with Gasteiger partial charge in [-0.1, -0.05) is 6.07 Å². The number of rotatable bonds is 3. The molecule has 6 heteroatoms. The van der Waals surface area contributed by atoms with E-state index in [-0.39, 0.29) is 0 Å². The molecule has 1 N–H and O–H groups in total. The molecule has 23 heavy (non-hydrogen) atoms. The van der Waals surface area contributed by atoms with Crippen LogP contribution in [-0.4, -0.2) is 45.5 Å². The molecule has 0 aromatic carbocycles. The van der Waals surface area contributed by atoms with Crippen molar-refractivity contribution < 1.29 is 4.90 Å². The van der Waals surface area contributed by atoms with Crippen molar-refractivity contribution in [3.63, 3.8) is 0 Å². The summed E-state index contributed by atoms with van der Waals surface area (Å²) in [6, 6.07) is 6.05. The number of aromatic nitrogens is 4. The first-order valence-electron chi connectivity index (χ1n) is 8.08. The van der Waals surface area contributed by atoms with Gasteiger partial charge >= 0.3 is 0 Å². The summed E-state index contributed by atoms with van der Waals surface area (Å²) in [5.41, 5.74) is 3.45. The molecule has 3 aromatic heterocycles. The van der Waals surface area contributed by atoms with Crippen molar-refractivity contribution >= 4 is 11.6 Å². The molecule has 1 fully saturated rings. The average Bonchev–Trinajstić information content (AvgIpc) is 2.97. The molecule has 0 radical (unpaired) electrons. The Morgan fingerprint density at radius 3 is 2.65 bits per heavy atom. The summed E-state index contributed by atoms with van der Waals surface area (Å²) in [5, 5.41) is 0. The number of fused-ring (bicyclic) bond motifs is 1. The Morgan fingerprint density at radius 1 is 1.09 bits per heavy atom. The van der Waals surface area contributed by atoms with Crippen molar-refractivity contribution in [2.45, 2.75) is 13.5 Å². The largest absolute Gasteiger partial charge is 0.330 e. The van der Waals surface area contributed by atoms with E-state index >= 15 is 0 Å². The van der Waals surface area contributed by atoms with Crippen LogP contribution < -0.4 is 9.80 Å². The molecule has 0 aliphatic carbocycles. The van der Waals surface area contributed by atoms with Gasteiger partial charge in [0.05, 0.1) is 26.2 Å². The molecule has 1 aliphatic heterocycles. The van der Waals surface area contributed by atoms with Gasteiger partial charge in [0.2, 0.25) is 5.95 Å². The number of piperazine rings is 1. The maximum atomic E-state index is 4.73. The van der Waals surface area contributed by atoms with E-state index in [1.807, 2.05) is 6.07 Å². The lowest BCUT2D eigenvalue weighted by Crippen LogP contribution is -3.13. The third-order valence-corrected chi connectivity index (χ3v) is 4.39. The fraction of sp³-hybridized carbons (Fsp3) is 0.353. The molecule has 0 saturated carbocycles. The van der Waals surface area contributed by atoms with Crippen LogP contribution in [0.3, 0.4) is 0 Å². The van der Waals surface area contributed by atoms with E-state index < -0.39 is 0 Å². The van der Waals surface area contributed by atoms with Crippen LogP contribution in [0, 0.1) is 6.92 Å². The number of hydrogen-bond donors (Lipinski definition) is 1. The van der Waals surface area contributed by atoms with Gasteiger partial charge in [-0.25, -0.2) is 15.0 Å². The maximum Gasteiger partial charge on any atom is 0.225 e. The van der Waals surface area contributed by atoms with Gasteiger partial charge in [-0.05, 0) is 24.6 Å². The van der Waals surface area contributed by atoms with E-state index in [9.17, 15) is 0 Å².